The van der Waals surface area contributed by atoms with E-state index in [1.54, 1.807) is 12.1 Å². The molecule has 2 unspecified atom stereocenters. The summed E-state index contributed by atoms with van der Waals surface area (Å²) < 4.78 is 0. The molecule has 2 atom stereocenters. The molecule has 0 aromatic heterocycles. The van der Waals surface area contributed by atoms with Gasteiger partial charge in [0.1, 0.15) is 11.3 Å². The number of Topliss-reactive ketones (excluding diaryl/α,β-unsaturated/α-hetero) is 1. The smallest absolute Gasteiger partial charge is 0.315 e. The molecular formula is C36H43N4O4+. The summed E-state index contributed by atoms with van der Waals surface area (Å²) in [6, 6.07) is 5.49. The third-order valence-corrected chi connectivity index (χ3v) is 8.50. The number of allylic oxidation sites excluding steroid dienone is 8. The highest BCUT2D eigenvalue weighted by Crippen LogP contribution is 2.43. The molecule has 44 heavy (non-hydrogen) atoms. The Balaban J connectivity index is 1.56. The quantitative estimate of drug-likeness (QED) is 0.358. The number of hydrazone groups is 1. The SMILES string of the molecule is CCN(CC)c1ccc(C2=C(O)C(=C3C(=O)N(C(C)(C)C)[NH+]=C3CCC3=CC(C)C=C3)C2=O)c(NC(=O)C2=CC(C)C=C2)c1. The minimum atomic E-state index is -0.556. The van der Waals surface area contributed by atoms with Crippen LogP contribution in [0.1, 0.15) is 66.9 Å². The highest BCUT2D eigenvalue weighted by Gasteiger charge is 2.50. The molecule has 230 valence electrons. The first-order valence-electron chi connectivity index (χ1n) is 15.5. The average Bonchev–Trinajstić information content (AvgIpc) is 3.68. The normalized spacial score (nSPS) is 22.9. The Morgan fingerprint density at radius 1 is 0.977 bits per heavy atom. The third kappa shape index (κ3) is 5.73. The van der Waals surface area contributed by atoms with Crippen molar-refractivity contribution in [2.75, 3.05) is 23.3 Å². The number of ketones is 1. The fourth-order valence-electron chi connectivity index (χ4n) is 6.07. The van der Waals surface area contributed by atoms with Crippen molar-refractivity contribution in [1.82, 2.24) is 5.01 Å². The van der Waals surface area contributed by atoms with Gasteiger partial charge in [0, 0.05) is 36.3 Å². The zero-order valence-corrected chi connectivity index (χ0v) is 26.7. The molecular weight excluding hydrogens is 552 g/mol. The van der Waals surface area contributed by atoms with Crippen molar-refractivity contribution in [2.24, 2.45) is 11.8 Å². The molecule has 0 saturated carbocycles. The van der Waals surface area contributed by atoms with E-state index in [2.05, 4.69) is 54.3 Å². The first kappa shape index (κ1) is 31.0. The Morgan fingerprint density at radius 3 is 2.23 bits per heavy atom. The van der Waals surface area contributed by atoms with Crippen molar-refractivity contribution in [3.05, 3.63) is 88.3 Å². The number of aliphatic hydroxyl groups excluding tert-OH is 1. The van der Waals surface area contributed by atoms with Gasteiger partial charge < -0.3 is 15.3 Å². The van der Waals surface area contributed by atoms with E-state index in [1.165, 1.54) is 10.6 Å². The summed E-state index contributed by atoms with van der Waals surface area (Å²) in [5.74, 6) is -0.759. The van der Waals surface area contributed by atoms with E-state index in [9.17, 15) is 19.5 Å². The molecule has 0 radical (unpaired) electrons. The van der Waals surface area contributed by atoms with E-state index < -0.39 is 11.3 Å². The Labute approximate surface area is 259 Å². The predicted octanol–water partition coefficient (Wildman–Crippen LogP) is 4.74. The summed E-state index contributed by atoms with van der Waals surface area (Å²) >= 11 is 0. The van der Waals surface area contributed by atoms with E-state index in [0.717, 1.165) is 18.8 Å². The maximum Gasteiger partial charge on any atom is 0.315 e. The number of carbonyl (C=O) groups excluding carboxylic acids is 3. The van der Waals surface area contributed by atoms with Crippen molar-refractivity contribution in [1.29, 1.82) is 0 Å². The van der Waals surface area contributed by atoms with Crippen LogP contribution in [0, 0.1) is 11.8 Å². The molecule has 1 aromatic rings. The third-order valence-electron chi connectivity index (χ3n) is 8.50. The number of anilines is 2. The lowest BCUT2D eigenvalue weighted by atomic mass is 9.78. The van der Waals surface area contributed by atoms with Crippen LogP contribution in [0.25, 0.3) is 5.57 Å². The molecule has 0 spiro atoms. The van der Waals surface area contributed by atoms with Crippen molar-refractivity contribution in [3.8, 4) is 0 Å². The number of aliphatic hydroxyl groups is 1. The topological polar surface area (TPSA) is 104 Å². The summed E-state index contributed by atoms with van der Waals surface area (Å²) in [4.78, 5) is 43.0. The van der Waals surface area contributed by atoms with Crippen LogP contribution in [0.3, 0.4) is 0 Å². The largest absolute Gasteiger partial charge is 0.506 e. The number of rotatable bonds is 9. The van der Waals surface area contributed by atoms with Crippen LogP contribution in [0.2, 0.25) is 0 Å². The fraction of sp³-hybridized carbons (Fsp3) is 0.389. The van der Waals surface area contributed by atoms with Gasteiger partial charge >= 0.3 is 5.91 Å². The van der Waals surface area contributed by atoms with E-state index >= 15 is 0 Å². The van der Waals surface area contributed by atoms with Crippen molar-refractivity contribution >= 4 is 40.3 Å². The van der Waals surface area contributed by atoms with E-state index in [0.29, 0.717) is 41.3 Å². The number of nitrogens with zero attached hydrogens (tertiary/aromatic N) is 2. The van der Waals surface area contributed by atoms with Crippen LogP contribution in [-0.4, -0.2) is 52.1 Å². The van der Waals surface area contributed by atoms with Gasteiger partial charge in [-0.1, -0.05) is 55.9 Å². The summed E-state index contributed by atoms with van der Waals surface area (Å²) in [5.41, 5.74) is 3.83. The van der Waals surface area contributed by atoms with Gasteiger partial charge in [-0.2, -0.15) is 0 Å². The second-order valence-electron chi connectivity index (χ2n) is 12.9. The number of nitrogens with one attached hydrogen (secondary N) is 2. The maximum atomic E-state index is 13.9. The summed E-state index contributed by atoms with van der Waals surface area (Å²) in [6.45, 7) is 15.5. The number of carbonyl (C=O) groups is 3. The van der Waals surface area contributed by atoms with Crippen LogP contribution in [0.15, 0.2) is 82.7 Å². The summed E-state index contributed by atoms with van der Waals surface area (Å²) in [6.07, 6.45) is 13.2. The van der Waals surface area contributed by atoms with Gasteiger partial charge in [-0.15, -0.1) is 10.1 Å². The van der Waals surface area contributed by atoms with Crippen molar-refractivity contribution in [3.63, 3.8) is 0 Å². The Morgan fingerprint density at radius 2 is 1.66 bits per heavy atom. The number of hydrazine groups is 1. The van der Waals surface area contributed by atoms with Gasteiger partial charge in [0.2, 0.25) is 11.5 Å². The maximum absolute atomic E-state index is 13.9. The first-order valence-corrected chi connectivity index (χ1v) is 15.5. The molecule has 1 aliphatic heterocycles. The molecule has 0 bridgehead atoms. The molecule has 4 aliphatic rings. The van der Waals surface area contributed by atoms with E-state index in [1.807, 2.05) is 52.0 Å². The molecule has 3 aliphatic carbocycles. The van der Waals surface area contributed by atoms with Crippen LogP contribution >= 0.6 is 0 Å². The molecule has 8 heteroatoms. The monoisotopic (exact) mass is 595 g/mol. The molecule has 1 aromatic carbocycles. The minimum Gasteiger partial charge on any atom is -0.506 e. The highest BCUT2D eigenvalue weighted by molar-refractivity contribution is 6.44. The molecule has 0 fully saturated rings. The van der Waals surface area contributed by atoms with Gasteiger partial charge in [-0.3, -0.25) is 14.4 Å². The van der Waals surface area contributed by atoms with Gasteiger partial charge in [0.15, 0.2) is 0 Å². The molecule has 8 nitrogen and oxygen atoms in total. The van der Waals surface area contributed by atoms with Crippen molar-refractivity contribution in [2.45, 2.75) is 66.8 Å². The minimum absolute atomic E-state index is 0.0175. The molecule has 1 heterocycles. The predicted molar refractivity (Wildman–Crippen MR) is 175 cm³/mol. The van der Waals surface area contributed by atoms with Crippen molar-refractivity contribution < 1.29 is 24.6 Å². The molecule has 3 N–H and O–H groups in total. The van der Waals surface area contributed by atoms with Gasteiger partial charge in [-0.25, -0.2) is 0 Å². The number of hydrogen-bond acceptors (Lipinski definition) is 5. The van der Waals surface area contributed by atoms with Gasteiger partial charge in [0.05, 0.1) is 22.4 Å². The Bertz CT molecular complexity index is 1640. The average molecular weight is 596 g/mol. The van der Waals surface area contributed by atoms with Gasteiger partial charge in [0.25, 0.3) is 5.91 Å². The van der Waals surface area contributed by atoms with Gasteiger partial charge in [-0.05, 0) is 71.1 Å². The molecule has 2 amide bonds. The lowest BCUT2D eigenvalue weighted by Crippen LogP contribution is -2.85. The zero-order chi connectivity index (χ0) is 31.9. The molecule has 0 saturated heterocycles. The number of benzene rings is 1. The summed E-state index contributed by atoms with van der Waals surface area (Å²) in [7, 11) is 0. The lowest BCUT2D eigenvalue weighted by Gasteiger charge is -2.27. The first-order chi connectivity index (χ1) is 20.8. The second-order valence-corrected chi connectivity index (χ2v) is 12.9. The van der Waals surface area contributed by atoms with Crippen LogP contribution in [0.4, 0.5) is 11.4 Å². The van der Waals surface area contributed by atoms with E-state index in [-0.39, 0.29) is 40.2 Å². The zero-order valence-electron chi connectivity index (χ0n) is 26.7. The second kappa shape index (κ2) is 11.9. The number of amides is 2. The lowest BCUT2D eigenvalue weighted by molar-refractivity contribution is -0.634. The van der Waals surface area contributed by atoms with E-state index in [4.69, 9.17) is 0 Å². The number of hydrogen-bond donors (Lipinski definition) is 3. The standard InChI is InChI=1S/C36H42N4O4/c1-8-39(9-2)25-15-16-26(28(20-25)37-34(43)24-14-11-22(4)19-24)29-32(41)31(33(29)42)30-27(17-13-23-12-10-21(3)18-23)38-40(35(30)44)36(5,6)7/h10-12,14-16,18-22,41H,8-9,13,17H2,1-7H3,(H,37,43)/p+1. The summed E-state index contributed by atoms with van der Waals surface area (Å²) in [5, 5.41) is 19.2. The Kier molecular flexibility index (Phi) is 8.38. The van der Waals surface area contributed by atoms with Crippen LogP contribution in [0.5, 0.6) is 0 Å². The molecule has 5 rings (SSSR count). The van der Waals surface area contributed by atoms with Crippen LogP contribution < -0.4 is 15.3 Å². The van der Waals surface area contributed by atoms with Crippen LogP contribution in [-0.2, 0) is 14.4 Å². The Hall–Kier alpha value is -4.46. The highest BCUT2D eigenvalue weighted by atomic mass is 16.3. The fourth-order valence-corrected chi connectivity index (χ4v) is 6.07.